The van der Waals surface area contributed by atoms with Crippen LogP contribution in [0.1, 0.15) is 6.42 Å². The molecule has 1 N–H and O–H groups in total. The standard InChI is InChI=1S/C19H22ClN3S.ClH/c20-15-6-7-19-17(14-15)23(16-4-1-2-5-18(16)24-19)11-3-10-22-12-8-21-9-13-22;/h1-2,4-7,14,21H,3,8-13H2;1H. The Morgan fingerprint density at radius 3 is 2.56 bits per heavy atom. The van der Waals surface area contributed by atoms with E-state index in [0.717, 1.165) is 50.7 Å². The lowest BCUT2D eigenvalue weighted by molar-refractivity contribution is 0.239. The third-order valence-electron chi connectivity index (χ3n) is 4.65. The minimum Gasteiger partial charge on any atom is -0.340 e. The van der Waals surface area contributed by atoms with Gasteiger partial charge in [-0.05, 0) is 43.3 Å². The summed E-state index contributed by atoms with van der Waals surface area (Å²) in [5.74, 6) is 0. The fourth-order valence-corrected chi connectivity index (χ4v) is 4.67. The van der Waals surface area contributed by atoms with E-state index in [1.54, 1.807) is 0 Å². The molecule has 0 bridgehead atoms. The molecule has 6 heteroatoms. The second kappa shape index (κ2) is 8.65. The molecule has 0 amide bonds. The number of nitrogens with one attached hydrogen (secondary N) is 1. The lowest BCUT2D eigenvalue weighted by Gasteiger charge is -2.34. The first-order chi connectivity index (χ1) is 11.8. The van der Waals surface area contributed by atoms with Crippen LogP contribution in [0.3, 0.4) is 0 Å². The van der Waals surface area contributed by atoms with Crippen molar-refractivity contribution in [3.05, 3.63) is 47.5 Å². The van der Waals surface area contributed by atoms with Crippen molar-refractivity contribution in [3.8, 4) is 0 Å². The van der Waals surface area contributed by atoms with Gasteiger partial charge in [-0.2, -0.15) is 0 Å². The summed E-state index contributed by atoms with van der Waals surface area (Å²) in [6, 6.07) is 14.9. The number of hydrogen-bond acceptors (Lipinski definition) is 4. The van der Waals surface area contributed by atoms with E-state index in [4.69, 9.17) is 11.6 Å². The van der Waals surface area contributed by atoms with Crippen LogP contribution in [0.4, 0.5) is 11.4 Å². The highest BCUT2D eigenvalue weighted by Crippen LogP contribution is 2.48. The topological polar surface area (TPSA) is 18.5 Å². The van der Waals surface area contributed by atoms with Gasteiger partial charge in [0.25, 0.3) is 0 Å². The van der Waals surface area contributed by atoms with Crippen molar-refractivity contribution in [1.29, 1.82) is 0 Å². The molecule has 2 aromatic carbocycles. The molecule has 1 fully saturated rings. The van der Waals surface area contributed by atoms with Crippen molar-refractivity contribution in [3.63, 3.8) is 0 Å². The highest BCUT2D eigenvalue weighted by Gasteiger charge is 2.23. The van der Waals surface area contributed by atoms with Crippen LogP contribution in [0.2, 0.25) is 5.02 Å². The smallest absolute Gasteiger partial charge is 0.0567 e. The van der Waals surface area contributed by atoms with Crippen LogP contribution in [0.25, 0.3) is 0 Å². The van der Waals surface area contributed by atoms with E-state index < -0.39 is 0 Å². The van der Waals surface area contributed by atoms with Gasteiger partial charge in [-0.25, -0.2) is 0 Å². The Balaban J connectivity index is 0.00000182. The number of nitrogens with zero attached hydrogens (tertiary/aromatic N) is 2. The molecule has 25 heavy (non-hydrogen) atoms. The molecule has 0 radical (unpaired) electrons. The van der Waals surface area contributed by atoms with Crippen LogP contribution >= 0.6 is 35.8 Å². The summed E-state index contributed by atoms with van der Waals surface area (Å²) < 4.78 is 0. The molecule has 2 heterocycles. The molecule has 0 atom stereocenters. The van der Waals surface area contributed by atoms with Gasteiger partial charge in [-0.1, -0.05) is 35.5 Å². The Morgan fingerprint density at radius 1 is 0.960 bits per heavy atom. The molecular weight excluding hydrogens is 373 g/mol. The van der Waals surface area contributed by atoms with E-state index in [-0.39, 0.29) is 12.4 Å². The predicted octanol–water partition coefficient (Wildman–Crippen LogP) is 4.66. The van der Waals surface area contributed by atoms with E-state index >= 15 is 0 Å². The van der Waals surface area contributed by atoms with Crippen molar-refractivity contribution < 1.29 is 0 Å². The molecule has 2 aliphatic rings. The summed E-state index contributed by atoms with van der Waals surface area (Å²) in [6.45, 7) is 6.73. The maximum absolute atomic E-state index is 6.27. The Morgan fingerprint density at radius 2 is 1.72 bits per heavy atom. The third kappa shape index (κ3) is 4.26. The summed E-state index contributed by atoms with van der Waals surface area (Å²) in [5, 5.41) is 4.22. The van der Waals surface area contributed by atoms with Gasteiger partial charge in [0.1, 0.15) is 0 Å². The van der Waals surface area contributed by atoms with Crippen LogP contribution in [-0.4, -0.2) is 44.2 Å². The average molecular weight is 396 g/mol. The van der Waals surface area contributed by atoms with Crippen molar-refractivity contribution in [2.45, 2.75) is 16.2 Å². The fraction of sp³-hybridized carbons (Fsp3) is 0.368. The molecule has 0 aliphatic carbocycles. The van der Waals surface area contributed by atoms with Crippen LogP contribution in [0, 0.1) is 0 Å². The molecule has 1 saturated heterocycles. The highest BCUT2D eigenvalue weighted by atomic mass is 35.5. The number of halogens is 2. The molecular formula is C19H23Cl2N3S. The van der Waals surface area contributed by atoms with Gasteiger partial charge in [0.2, 0.25) is 0 Å². The molecule has 0 saturated carbocycles. The van der Waals surface area contributed by atoms with E-state index in [1.165, 1.54) is 21.2 Å². The highest BCUT2D eigenvalue weighted by molar-refractivity contribution is 7.99. The number of fused-ring (bicyclic) bond motifs is 2. The number of benzene rings is 2. The Kier molecular flexibility index (Phi) is 6.53. The molecule has 0 unspecified atom stereocenters. The van der Waals surface area contributed by atoms with Crippen molar-refractivity contribution >= 4 is 47.1 Å². The number of rotatable bonds is 4. The number of anilines is 2. The van der Waals surface area contributed by atoms with Gasteiger partial charge in [0.15, 0.2) is 0 Å². The van der Waals surface area contributed by atoms with E-state index in [2.05, 4.69) is 51.5 Å². The van der Waals surface area contributed by atoms with Crippen LogP contribution in [-0.2, 0) is 0 Å². The predicted molar refractivity (Wildman–Crippen MR) is 110 cm³/mol. The van der Waals surface area contributed by atoms with Gasteiger partial charge in [0, 0.05) is 47.5 Å². The van der Waals surface area contributed by atoms with Gasteiger partial charge in [-0.15, -0.1) is 12.4 Å². The Labute approximate surface area is 165 Å². The average Bonchev–Trinajstić information content (AvgIpc) is 2.62. The SMILES string of the molecule is Cl.Clc1ccc2c(c1)N(CCCN1CCNCC1)c1ccccc1S2. The zero-order valence-corrected chi connectivity index (χ0v) is 16.5. The van der Waals surface area contributed by atoms with E-state index in [0.29, 0.717) is 0 Å². The summed E-state index contributed by atoms with van der Waals surface area (Å²) in [6.07, 6.45) is 1.16. The number of piperazine rings is 1. The molecule has 0 aromatic heterocycles. The van der Waals surface area contributed by atoms with Crippen LogP contribution < -0.4 is 10.2 Å². The maximum Gasteiger partial charge on any atom is 0.0567 e. The van der Waals surface area contributed by atoms with Crippen molar-refractivity contribution in [2.75, 3.05) is 44.2 Å². The molecule has 3 nitrogen and oxygen atoms in total. The first-order valence-corrected chi connectivity index (χ1v) is 9.78. The molecule has 4 rings (SSSR count). The number of hydrogen-bond donors (Lipinski definition) is 1. The van der Waals surface area contributed by atoms with Gasteiger partial charge >= 0.3 is 0 Å². The third-order valence-corrected chi connectivity index (χ3v) is 6.02. The first kappa shape index (κ1) is 18.9. The Hall–Kier alpha value is -0.910. The molecule has 2 aromatic rings. The Bertz CT molecular complexity index is 720. The van der Waals surface area contributed by atoms with Crippen LogP contribution in [0.15, 0.2) is 52.3 Å². The minimum absolute atomic E-state index is 0. The summed E-state index contributed by atoms with van der Waals surface area (Å²) in [5.41, 5.74) is 2.55. The normalized spacial score (nSPS) is 16.8. The second-order valence-electron chi connectivity index (χ2n) is 6.28. The summed E-state index contributed by atoms with van der Waals surface area (Å²) in [4.78, 5) is 7.62. The van der Waals surface area contributed by atoms with Gasteiger partial charge in [0.05, 0.1) is 11.4 Å². The zero-order chi connectivity index (χ0) is 16.4. The van der Waals surface area contributed by atoms with Gasteiger partial charge < -0.3 is 15.1 Å². The first-order valence-electron chi connectivity index (χ1n) is 8.58. The second-order valence-corrected chi connectivity index (χ2v) is 7.80. The van der Waals surface area contributed by atoms with E-state index in [1.807, 2.05) is 17.8 Å². The van der Waals surface area contributed by atoms with E-state index in [9.17, 15) is 0 Å². The van der Waals surface area contributed by atoms with Crippen molar-refractivity contribution in [2.24, 2.45) is 0 Å². The fourth-order valence-electron chi connectivity index (χ4n) is 3.43. The number of para-hydroxylation sites is 1. The lowest BCUT2D eigenvalue weighted by Crippen LogP contribution is -2.44. The largest absolute Gasteiger partial charge is 0.340 e. The molecule has 134 valence electrons. The minimum atomic E-state index is 0. The van der Waals surface area contributed by atoms with Crippen molar-refractivity contribution in [1.82, 2.24) is 10.2 Å². The van der Waals surface area contributed by atoms with Crippen LogP contribution in [0.5, 0.6) is 0 Å². The molecule has 2 aliphatic heterocycles. The quantitative estimate of drug-likeness (QED) is 0.810. The lowest BCUT2D eigenvalue weighted by atomic mass is 10.2. The summed E-state index contributed by atoms with van der Waals surface area (Å²) in [7, 11) is 0. The molecule has 0 spiro atoms. The summed E-state index contributed by atoms with van der Waals surface area (Å²) >= 11 is 8.11. The maximum atomic E-state index is 6.27. The van der Waals surface area contributed by atoms with Gasteiger partial charge in [-0.3, -0.25) is 0 Å². The monoisotopic (exact) mass is 395 g/mol. The zero-order valence-electron chi connectivity index (χ0n) is 14.1.